The molecule has 0 radical (unpaired) electrons. The lowest BCUT2D eigenvalue weighted by Crippen LogP contribution is -2.47. The molecule has 210 valence electrons. The third-order valence-electron chi connectivity index (χ3n) is 6.30. The highest BCUT2D eigenvalue weighted by molar-refractivity contribution is 7.07. The van der Waals surface area contributed by atoms with Crippen molar-refractivity contribution in [2.75, 3.05) is 23.7 Å². The number of halogens is 3. The van der Waals surface area contributed by atoms with Gasteiger partial charge >= 0.3 is 6.18 Å². The van der Waals surface area contributed by atoms with E-state index in [2.05, 4.69) is 34.4 Å². The minimum atomic E-state index is -4.65. The number of carbonyl (C=O) groups is 2. The molecular formula is C25H30F3N7O3S. The zero-order valence-corrected chi connectivity index (χ0v) is 22.6. The van der Waals surface area contributed by atoms with Gasteiger partial charge in [0.2, 0.25) is 5.91 Å². The molecule has 3 heterocycles. The maximum atomic E-state index is 12.8. The van der Waals surface area contributed by atoms with Crippen LogP contribution in [0.1, 0.15) is 40.0 Å². The van der Waals surface area contributed by atoms with Gasteiger partial charge in [-0.15, -0.1) is 11.3 Å². The number of likely N-dealkylation sites (tertiary alicyclic amines) is 1. The predicted octanol–water partition coefficient (Wildman–Crippen LogP) is 1.73. The second-order valence-corrected chi connectivity index (χ2v) is 10.2. The standard InChI is InChI=1S/C25H30F3N7O3S/c1-4-34-23(38)18(39-24(34)17(11-29)22(37)31-14-25(26,27)28)12-30-19-9-6-10-20(32-19)33-21(36)13-35-15(2)7-5-8-16(35)3/h6,9-10,12,15-16H,4-5,7-8,13-14H2,1-3H3,(H,31,37)(H2,30,32,33,36)/b18-12+,24-17-. The fourth-order valence-electron chi connectivity index (χ4n) is 4.32. The minimum Gasteiger partial charge on any atom is -0.345 e. The van der Waals surface area contributed by atoms with E-state index in [1.54, 1.807) is 36.5 Å². The summed E-state index contributed by atoms with van der Waals surface area (Å²) in [5, 5.41) is 16.7. The molecule has 3 rings (SSSR count). The highest BCUT2D eigenvalue weighted by atomic mass is 32.1. The summed E-state index contributed by atoms with van der Waals surface area (Å²) in [6.07, 6.45) is -0.0920. The first-order valence-electron chi connectivity index (χ1n) is 12.4. The van der Waals surface area contributed by atoms with Gasteiger partial charge in [0.1, 0.15) is 33.4 Å². The smallest absolute Gasteiger partial charge is 0.345 e. The summed E-state index contributed by atoms with van der Waals surface area (Å²) in [5.41, 5.74) is -1.13. The molecule has 10 nitrogen and oxygen atoms in total. The van der Waals surface area contributed by atoms with Crippen LogP contribution in [0.4, 0.5) is 24.8 Å². The molecule has 3 N–H and O–H groups in total. The number of hydrogen-bond donors (Lipinski definition) is 3. The van der Waals surface area contributed by atoms with Crippen LogP contribution in [0, 0.1) is 11.3 Å². The van der Waals surface area contributed by atoms with E-state index < -0.39 is 29.8 Å². The number of nitriles is 1. The number of rotatable bonds is 8. The average Bonchev–Trinajstić information content (AvgIpc) is 3.18. The van der Waals surface area contributed by atoms with Gasteiger partial charge in [-0.1, -0.05) is 12.5 Å². The summed E-state index contributed by atoms with van der Waals surface area (Å²) in [7, 11) is 0. The first-order valence-corrected chi connectivity index (χ1v) is 13.2. The molecule has 2 atom stereocenters. The number of pyridine rings is 1. The zero-order valence-electron chi connectivity index (χ0n) is 21.8. The number of piperidine rings is 1. The first-order chi connectivity index (χ1) is 18.4. The highest BCUT2D eigenvalue weighted by Gasteiger charge is 2.29. The summed E-state index contributed by atoms with van der Waals surface area (Å²) >= 11 is 0.787. The third-order valence-corrected chi connectivity index (χ3v) is 7.43. The number of alkyl halides is 3. The molecule has 0 aromatic carbocycles. The topological polar surface area (TPSA) is 132 Å². The van der Waals surface area contributed by atoms with Crippen LogP contribution in [-0.2, 0) is 16.1 Å². The third kappa shape index (κ3) is 7.90. The summed E-state index contributed by atoms with van der Waals surface area (Å²) < 4.78 is 38.7. The lowest BCUT2D eigenvalue weighted by Gasteiger charge is -2.38. The Morgan fingerprint density at radius 3 is 2.51 bits per heavy atom. The Balaban J connectivity index is 1.80. The van der Waals surface area contributed by atoms with Crippen molar-refractivity contribution in [3.05, 3.63) is 37.7 Å². The van der Waals surface area contributed by atoms with E-state index in [-0.39, 0.29) is 28.2 Å². The van der Waals surface area contributed by atoms with E-state index >= 15 is 0 Å². The molecule has 1 aliphatic rings. The van der Waals surface area contributed by atoms with Crippen molar-refractivity contribution in [1.82, 2.24) is 19.8 Å². The van der Waals surface area contributed by atoms with Crippen LogP contribution in [0.5, 0.6) is 0 Å². The second-order valence-electron chi connectivity index (χ2n) is 9.15. The van der Waals surface area contributed by atoms with E-state index in [1.165, 1.54) is 6.20 Å². The monoisotopic (exact) mass is 565 g/mol. The lowest BCUT2D eigenvalue weighted by atomic mass is 9.97. The fraction of sp³-hybridized carbons (Fsp3) is 0.480. The molecule has 0 saturated carbocycles. The number of carbonyl (C=O) groups excluding carboxylic acids is 2. The number of hydrogen-bond acceptors (Lipinski definition) is 8. The molecule has 1 aliphatic heterocycles. The van der Waals surface area contributed by atoms with Crippen molar-refractivity contribution in [2.45, 2.75) is 64.8 Å². The van der Waals surface area contributed by atoms with Crippen LogP contribution < -0.4 is 30.7 Å². The van der Waals surface area contributed by atoms with Crippen LogP contribution in [0.25, 0.3) is 11.8 Å². The molecule has 1 fully saturated rings. The van der Waals surface area contributed by atoms with Crippen LogP contribution in [0.2, 0.25) is 0 Å². The van der Waals surface area contributed by atoms with Gasteiger partial charge in [-0.2, -0.15) is 18.4 Å². The van der Waals surface area contributed by atoms with Gasteiger partial charge in [0, 0.05) is 24.8 Å². The van der Waals surface area contributed by atoms with Crippen molar-refractivity contribution < 1.29 is 22.8 Å². The summed E-state index contributed by atoms with van der Waals surface area (Å²) in [6.45, 7) is 4.55. The molecule has 2 aromatic heterocycles. The number of aromatic nitrogens is 2. The molecule has 14 heteroatoms. The van der Waals surface area contributed by atoms with E-state index in [9.17, 15) is 32.8 Å². The Labute approximate surface area is 226 Å². The van der Waals surface area contributed by atoms with Gasteiger partial charge in [0.05, 0.1) is 6.54 Å². The molecule has 0 aliphatic carbocycles. The van der Waals surface area contributed by atoms with E-state index in [0.717, 1.165) is 35.2 Å². The summed E-state index contributed by atoms with van der Waals surface area (Å²) in [6, 6.07) is 7.14. The van der Waals surface area contributed by atoms with Gasteiger partial charge in [0.15, 0.2) is 5.57 Å². The number of nitrogens with one attached hydrogen (secondary N) is 3. The highest BCUT2D eigenvalue weighted by Crippen LogP contribution is 2.22. The zero-order chi connectivity index (χ0) is 28.7. The van der Waals surface area contributed by atoms with Gasteiger partial charge in [-0.3, -0.25) is 23.9 Å². The Morgan fingerprint density at radius 1 is 1.23 bits per heavy atom. The van der Waals surface area contributed by atoms with Crippen molar-refractivity contribution in [1.29, 1.82) is 5.26 Å². The van der Waals surface area contributed by atoms with E-state index in [1.807, 2.05) is 0 Å². The number of thiazole rings is 1. The quantitative estimate of drug-likeness (QED) is 0.444. The molecule has 2 amide bonds. The fourth-order valence-corrected chi connectivity index (χ4v) is 5.40. The molecule has 0 bridgehead atoms. The molecule has 1 saturated heterocycles. The molecule has 2 unspecified atom stereocenters. The van der Waals surface area contributed by atoms with Gasteiger partial charge in [-0.25, -0.2) is 4.98 Å². The van der Waals surface area contributed by atoms with E-state index in [0.29, 0.717) is 23.7 Å². The van der Waals surface area contributed by atoms with Crippen LogP contribution in [0.15, 0.2) is 23.0 Å². The Bertz CT molecular complexity index is 1420. The van der Waals surface area contributed by atoms with Crippen molar-refractivity contribution in [3.63, 3.8) is 0 Å². The van der Waals surface area contributed by atoms with E-state index in [4.69, 9.17) is 0 Å². The number of nitrogens with zero attached hydrogens (tertiary/aromatic N) is 4. The maximum Gasteiger partial charge on any atom is 0.405 e. The van der Waals surface area contributed by atoms with Crippen LogP contribution >= 0.6 is 11.3 Å². The first kappa shape index (κ1) is 29.9. The van der Waals surface area contributed by atoms with Crippen LogP contribution in [-0.4, -0.2) is 57.6 Å². The number of amides is 2. The second kappa shape index (κ2) is 12.9. The lowest BCUT2D eigenvalue weighted by molar-refractivity contribution is -0.135. The van der Waals surface area contributed by atoms with Gasteiger partial charge < -0.3 is 16.0 Å². The van der Waals surface area contributed by atoms with Crippen molar-refractivity contribution in [3.8, 4) is 6.07 Å². The largest absolute Gasteiger partial charge is 0.405 e. The molecule has 0 spiro atoms. The molecule has 2 aromatic rings. The minimum absolute atomic E-state index is 0.0622. The Kier molecular flexibility index (Phi) is 9.87. The maximum absolute atomic E-state index is 12.8. The van der Waals surface area contributed by atoms with Crippen molar-refractivity contribution in [2.24, 2.45) is 0 Å². The predicted molar refractivity (Wildman–Crippen MR) is 142 cm³/mol. The van der Waals surface area contributed by atoms with Crippen molar-refractivity contribution >= 4 is 46.6 Å². The van der Waals surface area contributed by atoms with Gasteiger partial charge in [-0.05, 0) is 45.7 Å². The molecular weight excluding hydrogens is 535 g/mol. The molecule has 39 heavy (non-hydrogen) atoms. The summed E-state index contributed by atoms with van der Waals surface area (Å²) in [5.74, 6) is -0.787. The Hall–Kier alpha value is -3.70. The average molecular weight is 566 g/mol. The number of anilines is 2. The van der Waals surface area contributed by atoms with Gasteiger partial charge in [0.25, 0.3) is 11.5 Å². The SMILES string of the molecule is CCn1c(=O)/c(=C\Nc2cccc(NC(=O)CN3C(C)CCCC3C)n2)s/c1=C(/C#N)C(=O)NCC(F)(F)F. The summed E-state index contributed by atoms with van der Waals surface area (Å²) in [4.78, 5) is 44.2. The normalized spacial score (nSPS) is 19.3. The van der Waals surface area contributed by atoms with Crippen LogP contribution in [0.3, 0.4) is 0 Å². The Morgan fingerprint density at radius 2 is 1.90 bits per heavy atom.